The predicted molar refractivity (Wildman–Crippen MR) is 77.8 cm³/mol. The van der Waals surface area contributed by atoms with Crippen LogP contribution in [0, 0.1) is 0 Å². The Morgan fingerprint density at radius 2 is 2.25 bits per heavy atom. The highest BCUT2D eigenvalue weighted by Crippen LogP contribution is 2.15. The fourth-order valence-corrected chi connectivity index (χ4v) is 2.77. The van der Waals surface area contributed by atoms with Crippen molar-refractivity contribution < 1.29 is 8.42 Å². The van der Waals surface area contributed by atoms with Gasteiger partial charge in [-0.2, -0.15) is 0 Å². The van der Waals surface area contributed by atoms with Gasteiger partial charge in [0.15, 0.2) is 0 Å². The zero-order valence-corrected chi connectivity index (χ0v) is 12.1. The first kappa shape index (κ1) is 14.5. The van der Waals surface area contributed by atoms with Gasteiger partial charge in [-0.3, -0.25) is 9.71 Å². The van der Waals surface area contributed by atoms with Crippen molar-refractivity contribution in [3.8, 4) is 0 Å². The van der Waals surface area contributed by atoms with Gasteiger partial charge in [0, 0.05) is 24.6 Å². The largest absolute Gasteiger partial charge is 0.363 e. The van der Waals surface area contributed by atoms with Gasteiger partial charge in [0.1, 0.15) is 4.90 Å². The molecule has 0 saturated carbocycles. The Kier molecular flexibility index (Phi) is 4.75. The molecule has 0 atom stereocenters. The fourth-order valence-electron chi connectivity index (χ4n) is 1.71. The number of pyridine rings is 1. The van der Waals surface area contributed by atoms with Gasteiger partial charge in [-0.05, 0) is 31.2 Å². The van der Waals surface area contributed by atoms with Crippen LogP contribution in [0.5, 0.6) is 0 Å². The Morgan fingerprint density at radius 3 is 2.95 bits per heavy atom. The summed E-state index contributed by atoms with van der Waals surface area (Å²) >= 11 is 0. The van der Waals surface area contributed by atoms with Crippen LogP contribution in [0.2, 0.25) is 0 Å². The molecule has 0 amide bonds. The number of nitrogens with zero attached hydrogens (tertiary/aromatic N) is 1. The van der Waals surface area contributed by atoms with E-state index in [1.165, 1.54) is 12.4 Å². The summed E-state index contributed by atoms with van der Waals surface area (Å²) in [4.78, 5) is 7.05. The first-order chi connectivity index (χ1) is 9.62. The van der Waals surface area contributed by atoms with Crippen LogP contribution in [0.25, 0.3) is 0 Å². The van der Waals surface area contributed by atoms with Gasteiger partial charge in [-0.25, -0.2) is 8.42 Å². The molecule has 2 heterocycles. The molecule has 0 aliphatic carbocycles. The SMILES string of the molecule is CCCNCc1cc(S(=O)(=O)Nc2cccnc2)c[nH]1. The van der Waals surface area contributed by atoms with Crippen molar-refractivity contribution in [2.45, 2.75) is 24.8 Å². The Balaban J connectivity index is 2.06. The molecule has 0 saturated heterocycles. The summed E-state index contributed by atoms with van der Waals surface area (Å²) in [5, 5.41) is 3.21. The summed E-state index contributed by atoms with van der Waals surface area (Å²) in [6, 6.07) is 4.96. The lowest BCUT2D eigenvalue weighted by atomic mass is 10.4. The number of H-pyrrole nitrogens is 1. The maximum absolute atomic E-state index is 12.2. The number of nitrogens with one attached hydrogen (secondary N) is 3. The lowest BCUT2D eigenvalue weighted by molar-refractivity contribution is 0.601. The Bertz CT molecular complexity index is 637. The van der Waals surface area contributed by atoms with E-state index in [1.807, 2.05) is 0 Å². The average molecular weight is 294 g/mol. The van der Waals surface area contributed by atoms with Gasteiger partial charge in [0.2, 0.25) is 0 Å². The molecule has 0 fully saturated rings. The molecule has 0 aromatic carbocycles. The van der Waals surface area contributed by atoms with Crippen molar-refractivity contribution in [2.24, 2.45) is 0 Å². The van der Waals surface area contributed by atoms with Crippen LogP contribution in [0.3, 0.4) is 0 Å². The van der Waals surface area contributed by atoms with Crippen LogP contribution in [-0.2, 0) is 16.6 Å². The molecule has 0 radical (unpaired) electrons. The number of sulfonamides is 1. The molecular weight excluding hydrogens is 276 g/mol. The van der Waals surface area contributed by atoms with Crippen molar-refractivity contribution in [1.29, 1.82) is 0 Å². The quantitative estimate of drug-likeness (QED) is 0.678. The van der Waals surface area contributed by atoms with Crippen molar-refractivity contribution in [1.82, 2.24) is 15.3 Å². The minimum absolute atomic E-state index is 0.217. The van der Waals surface area contributed by atoms with E-state index in [0.717, 1.165) is 18.7 Å². The zero-order valence-electron chi connectivity index (χ0n) is 11.3. The molecule has 6 nitrogen and oxygen atoms in total. The zero-order chi connectivity index (χ0) is 14.4. The predicted octanol–water partition coefficient (Wildman–Crippen LogP) is 1.71. The molecule has 2 rings (SSSR count). The topological polar surface area (TPSA) is 86.9 Å². The van der Waals surface area contributed by atoms with Gasteiger partial charge in [0.05, 0.1) is 11.9 Å². The maximum Gasteiger partial charge on any atom is 0.263 e. The van der Waals surface area contributed by atoms with E-state index < -0.39 is 10.0 Å². The van der Waals surface area contributed by atoms with Crippen molar-refractivity contribution >= 4 is 15.7 Å². The molecule has 3 N–H and O–H groups in total. The monoisotopic (exact) mass is 294 g/mol. The van der Waals surface area contributed by atoms with Gasteiger partial charge in [-0.1, -0.05) is 6.92 Å². The summed E-state index contributed by atoms with van der Waals surface area (Å²) in [7, 11) is -3.57. The number of rotatable bonds is 7. The van der Waals surface area contributed by atoms with Gasteiger partial charge in [-0.15, -0.1) is 0 Å². The second kappa shape index (κ2) is 6.53. The highest BCUT2D eigenvalue weighted by Gasteiger charge is 2.16. The average Bonchev–Trinajstić information content (AvgIpc) is 2.89. The lowest BCUT2D eigenvalue weighted by Crippen LogP contribution is -2.14. The van der Waals surface area contributed by atoms with Crippen LogP contribution in [-0.4, -0.2) is 24.9 Å². The van der Waals surface area contributed by atoms with Crippen LogP contribution in [0.4, 0.5) is 5.69 Å². The smallest absolute Gasteiger partial charge is 0.263 e. The summed E-state index contributed by atoms with van der Waals surface area (Å²) in [6.07, 6.45) is 5.58. The first-order valence-corrected chi connectivity index (χ1v) is 7.91. The van der Waals surface area contributed by atoms with Gasteiger partial charge in [0.25, 0.3) is 10.0 Å². The molecule has 0 unspecified atom stereocenters. The van der Waals surface area contributed by atoms with Crippen LogP contribution >= 0.6 is 0 Å². The van der Waals surface area contributed by atoms with E-state index in [1.54, 1.807) is 24.4 Å². The third kappa shape index (κ3) is 3.82. The van der Waals surface area contributed by atoms with Gasteiger partial charge >= 0.3 is 0 Å². The second-order valence-corrected chi connectivity index (χ2v) is 6.07. The Hall–Kier alpha value is -1.86. The molecule has 0 spiro atoms. The van der Waals surface area contributed by atoms with E-state index in [-0.39, 0.29) is 4.90 Å². The second-order valence-electron chi connectivity index (χ2n) is 4.38. The minimum atomic E-state index is -3.57. The molecule has 7 heteroatoms. The van der Waals surface area contributed by atoms with Crippen LogP contribution < -0.4 is 10.0 Å². The summed E-state index contributed by atoms with van der Waals surface area (Å²) in [5.74, 6) is 0. The van der Waals surface area contributed by atoms with E-state index in [0.29, 0.717) is 12.2 Å². The van der Waals surface area contributed by atoms with Crippen LogP contribution in [0.1, 0.15) is 19.0 Å². The molecule has 0 aliphatic rings. The van der Waals surface area contributed by atoms with Gasteiger partial charge < -0.3 is 10.3 Å². The first-order valence-electron chi connectivity index (χ1n) is 6.42. The minimum Gasteiger partial charge on any atom is -0.363 e. The fraction of sp³-hybridized carbons (Fsp3) is 0.308. The maximum atomic E-state index is 12.2. The molecule has 108 valence electrons. The Morgan fingerprint density at radius 1 is 1.40 bits per heavy atom. The molecule has 0 aliphatic heterocycles. The highest BCUT2D eigenvalue weighted by molar-refractivity contribution is 7.92. The van der Waals surface area contributed by atoms with E-state index >= 15 is 0 Å². The number of anilines is 1. The highest BCUT2D eigenvalue weighted by atomic mass is 32.2. The Labute approximate surface area is 118 Å². The van der Waals surface area contributed by atoms with E-state index in [2.05, 4.69) is 26.9 Å². The van der Waals surface area contributed by atoms with E-state index in [4.69, 9.17) is 0 Å². The van der Waals surface area contributed by atoms with Crippen molar-refractivity contribution in [2.75, 3.05) is 11.3 Å². The number of hydrogen-bond donors (Lipinski definition) is 3. The van der Waals surface area contributed by atoms with Crippen molar-refractivity contribution in [3.63, 3.8) is 0 Å². The van der Waals surface area contributed by atoms with Crippen molar-refractivity contribution in [3.05, 3.63) is 42.5 Å². The third-order valence-electron chi connectivity index (χ3n) is 2.68. The normalized spacial score (nSPS) is 11.4. The molecule has 20 heavy (non-hydrogen) atoms. The molecule has 2 aromatic heterocycles. The molecule has 0 bridgehead atoms. The van der Waals surface area contributed by atoms with E-state index in [9.17, 15) is 8.42 Å². The lowest BCUT2D eigenvalue weighted by Gasteiger charge is -2.05. The number of aromatic amines is 1. The summed E-state index contributed by atoms with van der Waals surface area (Å²) < 4.78 is 26.8. The summed E-state index contributed by atoms with van der Waals surface area (Å²) in [6.45, 7) is 3.60. The standard InChI is InChI=1S/C13H18N4O2S/c1-2-5-14-9-12-7-13(10-16-12)20(18,19)17-11-4-3-6-15-8-11/h3-4,6-8,10,14,16-17H,2,5,9H2,1H3. The van der Waals surface area contributed by atoms with Crippen LogP contribution in [0.15, 0.2) is 41.7 Å². The molecular formula is C13H18N4O2S. The summed E-state index contributed by atoms with van der Waals surface area (Å²) in [5.41, 5.74) is 1.28. The molecule has 2 aromatic rings. The number of aromatic nitrogens is 2. The third-order valence-corrected chi connectivity index (χ3v) is 4.04. The number of hydrogen-bond acceptors (Lipinski definition) is 4.